The molecule has 0 fully saturated rings. The van der Waals surface area contributed by atoms with Crippen molar-refractivity contribution in [3.05, 3.63) is 90.5 Å². The molecule has 0 heterocycles. The molecule has 0 aromatic heterocycles. The third-order valence-corrected chi connectivity index (χ3v) is 7.07. The average molecular weight is 538 g/mol. The first-order chi connectivity index (χ1) is 18.3. The van der Waals surface area contributed by atoms with Crippen LogP contribution in [0.15, 0.2) is 89.4 Å². The number of anilines is 1. The molecule has 0 saturated carbocycles. The lowest BCUT2D eigenvalue weighted by Gasteiger charge is -2.24. The van der Waals surface area contributed by atoms with Crippen LogP contribution in [0.25, 0.3) is 0 Å². The zero-order chi connectivity index (χ0) is 27.5. The molecular formula is C28H31N3O6S. The van der Waals surface area contributed by atoms with Gasteiger partial charge in [-0.15, -0.1) is 0 Å². The number of carbonyl (C=O) groups excluding carboxylic acids is 1. The van der Waals surface area contributed by atoms with Crippen molar-refractivity contribution >= 4 is 27.8 Å². The summed E-state index contributed by atoms with van der Waals surface area (Å²) in [7, 11) is -2.55. The fourth-order valence-corrected chi connectivity index (χ4v) is 4.83. The van der Waals surface area contributed by atoms with E-state index in [1.807, 2.05) is 13.8 Å². The van der Waals surface area contributed by atoms with Crippen molar-refractivity contribution in [3.8, 4) is 17.2 Å². The van der Waals surface area contributed by atoms with Crippen LogP contribution >= 0.6 is 0 Å². The molecule has 38 heavy (non-hydrogen) atoms. The second-order valence-electron chi connectivity index (χ2n) is 8.05. The van der Waals surface area contributed by atoms with E-state index in [1.54, 1.807) is 60.7 Å². The van der Waals surface area contributed by atoms with E-state index in [2.05, 4.69) is 17.1 Å². The van der Waals surface area contributed by atoms with Gasteiger partial charge in [-0.25, -0.2) is 13.8 Å². The maximum atomic E-state index is 13.5. The number of hydrogen-bond donors (Lipinski definition) is 1. The van der Waals surface area contributed by atoms with Crippen molar-refractivity contribution in [1.82, 2.24) is 5.43 Å². The van der Waals surface area contributed by atoms with Crippen molar-refractivity contribution in [1.29, 1.82) is 0 Å². The second kappa shape index (κ2) is 13.3. The maximum absolute atomic E-state index is 13.5. The fourth-order valence-electron chi connectivity index (χ4n) is 3.40. The van der Waals surface area contributed by atoms with Gasteiger partial charge in [0, 0.05) is 0 Å². The molecule has 0 aliphatic rings. The number of aryl methyl sites for hydroxylation is 1. The molecule has 0 aliphatic carbocycles. The molecule has 3 aromatic rings. The van der Waals surface area contributed by atoms with Crippen molar-refractivity contribution in [2.75, 3.05) is 31.2 Å². The van der Waals surface area contributed by atoms with Gasteiger partial charge in [0.05, 0.1) is 30.5 Å². The Hall–Kier alpha value is -4.31. The molecule has 0 atom stereocenters. The third-order valence-electron chi connectivity index (χ3n) is 5.28. The molecule has 0 spiro atoms. The highest BCUT2D eigenvalue weighted by Gasteiger charge is 2.27. The molecule has 3 aromatic carbocycles. The van der Waals surface area contributed by atoms with Crippen LogP contribution in [-0.2, 0) is 14.8 Å². The monoisotopic (exact) mass is 537 g/mol. The predicted octanol–water partition coefficient (Wildman–Crippen LogP) is 4.31. The minimum absolute atomic E-state index is 0.0312. The van der Waals surface area contributed by atoms with Gasteiger partial charge >= 0.3 is 0 Å². The number of methoxy groups -OCH3 is 1. The van der Waals surface area contributed by atoms with E-state index in [1.165, 1.54) is 25.5 Å². The quantitative estimate of drug-likeness (QED) is 0.198. The highest BCUT2D eigenvalue weighted by Crippen LogP contribution is 2.28. The van der Waals surface area contributed by atoms with E-state index in [9.17, 15) is 13.2 Å². The lowest BCUT2D eigenvalue weighted by atomic mass is 10.2. The lowest BCUT2D eigenvalue weighted by Crippen LogP contribution is -2.39. The smallest absolute Gasteiger partial charge is 0.264 e. The highest BCUT2D eigenvalue weighted by atomic mass is 32.2. The Morgan fingerprint density at radius 3 is 2.37 bits per heavy atom. The Bertz CT molecular complexity index is 1370. The highest BCUT2D eigenvalue weighted by molar-refractivity contribution is 7.92. The summed E-state index contributed by atoms with van der Waals surface area (Å²) in [4.78, 5) is 12.8. The van der Waals surface area contributed by atoms with E-state index < -0.39 is 22.5 Å². The molecule has 0 radical (unpaired) electrons. The molecule has 0 saturated heterocycles. The number of nitrogens with one attached hydrogen (secondary N) is 1. The number of hydrogen-bond acceptors (Lipinski definition) is 7. The average Bonchev–Trinajstić information content (AvgIpc) is 2.92. The van der Waals surface area contributed by atoms with Gasteiger partial charge in [-0.2, -0.15) is 5.10 Å². The molecule has 0 bridgehead atoms. The summed E-state index contributed by atoms with van der Waals surface area (Å²) in [6.07, 6.45) is 3.05. The van der Waals surface area contributed by atoms with Crippen LogP contribution in [0.1, 0.15) is 18.1 Å². The van der Waals surface area contributed by atoms with Crippen LogP contribution in [0.4, 0.5) is 5.69 Å². The summed E-state index contributed by atoms with van der Waals surface area (Å²) in [6.45, 7) is 7.67. The summed E-state index contributed by atoms with van der Waals surface area (Å²) in [5.74, 6) is 0.975. The summed E-state index contributed by atoms with van der Waals surface area (Å²) in [5, 5.41) is 3.98. The first kappa shape index (κ1) is 28.3. The van der Waals surface area contributed by atoms with Crippen molar-refractivity contribution in [3.63, 3.8) is 0 Å². The van der Waals surface area contributed by atoms with Gasteiger partial charge in [-0.05, 0) is 74.0 Å². The number of benzene rings is 3. The van der Waals surface area contributed by atoms with Crippen LogP contribution in [0, 0.1) is 6.92 Å². The van der Waals surface area contributed by atoms with E-state index in [4.69, 9.17) is 14.2 Å². The number of hydrazone groups is 1. The summed E-state index contributed by atoms with van der Waals surface area (Å²) in [6, 6.07) is 18.1. The number of sulfonamides is 1. The van der Waals surface area contributed by atoms with Crippen molar-refractivity contribution in [2.24, 2.45) is 5.10 Å². The predicted molar refractivity (Wildman–Crippen MR) is 148 cm³/mol. The molecule has 10 heteroatoms. The van der Waals surface area contributed by atoms with Crippen molar-refractivity contribution in [2.45, 2.75) is 18.7 Å². The zero-order valence-electron chi connectivity index (χ0n) is 21.6. The molecule has 1 N–H and O–H groups in total. The SMILES string of the molecule is C=CCOc1ccc(/C=N\NC(=O)CN(c2ccc(C)cc2)S(=O)(=O)c2ccc(OCC)cc2)cc1OC. The molecular weight excluding hydrogens is 506 g/mol. The number of carbonyl (C=O) groups is 1. The Morgan fingerprint density at radius 2 is 1.74 bits per heavy atom. The van der Waals surface area contributed by atoms with Crippen LogP contribution < -0.4 is 23.9 Å². The van der Waals surface area contributed by atoms with E-state index in [0.717, 1.165) is 9.87 Å². The Kier molecular flexibility index (Phi) is 9.89. The first-order valence-corrected chi connectivity index (χ1v) is 13.3. The van der Waals surface area contributed by atoms with Gasteiger partial charge < -0.3 is 14.2 Å². The number of rotatable bonds is 13. The van der Waals surface area contributed by atoms with Gasteiger partial charge in [-0.3, -0.25) is 9.10 Å². The number of ether oxygens (including phenoxy) is 3. The van der Waals surface area contributed by atoms with Gasteiger partial charge in [0.15, 0.2) is 11.5 Å². The summed E-state index contributed by atoms with van der Waals surface area (Å²) >= 11 is 0. The Balaban J connectivity index is 1.78. The second-order valence-corrected chi connectivity index (χ2v) is 9.92. The van der Waals surface area contributed by atoms with Crippen molar-refractivity contribution < 1.29 is 27.4 Å². The molecule has 0 unspecified atom stereocenters. The van der Waals surface area contributed by atoms with E-state index >= 15 is 0 Å². The van der Waals surface area contributed by atoms with E-state index in [0.29, 0.717) is 41.7 Å². The first-order valence-electron chi connectivity index (χ1n) is 11.8. The molecule has 1 amide bonds. The standard InChI is InChI=1S/C28H31N3O6S/c1-5-17-37-26-16-9-22(18-27(26)35-4)19-29-30-28(32)20-31(23-10-7-21(3)8-11-23)38(33,34)25-14-12-24(13-15-25)36-6-2/h5,7-16,18-19H,1,6,17,20H2,2-4H3,(H,30,32)/b29-19-. The van der Waals surface area contributed by atoms with Gasteiger partial charge in [-0.1, -0.05) is 30.4 Å². The summed E-state index contributed by atoms with van der Waals surface area (Å²) < 4.78 is 44.4. The maximum Gasteiger partial charge on any atom is 0.264 e. The van der Waals surface area contributed by atoms with Crippen LogP contribution in [0.5, 0.6) is 17.2 Å². The van der Waals surface area contributed by atoms with Gasteiger partial charge in [0.1, 0.15) is 18.9 Å². The minimum atomic E-state index is -4.06. The lowest BCUT2D eigenvalue weighted by molar-refractivity contribution is -0.119. The minimum Gasteiger partial charge on any atom is -0.494 e. The third kappa shape index (κ3) is 7.36. The Labute approximate surface area is 223 Å². The van der Waals surface area contributed by atoms with Gasteiger partial charge in [0.25, 0.3) is 15.9 Å². The fraction of sp³-hybridized carbons (Fsp3) is 0.214. The van der Waals surface area contributed by atoms with Gasteiger partial charge in [0.2, 0.25) is 0 Å². The van der Waals surface area contributed by atoms with Crippen LogP contribution in [-0.4, -0.2) is 47.4 Å². The van der Waals surface area contributed by atoms with E-state index in [-0.39, 0.29) is 4.90 Å². The normalized spacial score (nSPS) is 11.1. The molecule has 0 aliphatic heterocycles. The summed E-state index contributed by atoms with van der Waals surface area (Å²) in [5.41, 5.74) is 4.35. The molecule has 3 rings (SSSR count). The topological polar surface area (TPSA) is 107 Å². The zero-order valence-corrected chi connectivity index (χ0v) is 22.4. The number of amides is 1. The largest absolute Gasteiger partial charge is 0.494 e. The van der Waals surface area contributed by atoms with Crippen LogP contribution in [0.2, 0.25) is 0 Å². The number of nitrogens with zero attached hydrogens (tertiary/aromatic N) is 2. The molecule has 9 nitrogen and oxygen atoms in total. The molecule has 200 valence electrons. The van der Waals surface area contributed by atoms with Crippen LogP contribution in [0.3, 0.4) is 0 Å². The Morgan fingerprint density at radius 1 is 1.03 bits per heavy atom.